The summed E-state index contributed by atoms with van der Waals surface area (Å²) in [7, 11) is -3.76. The molecule has 11 heteroatoms. The van der Waals surface area contributed by atoms with Crippen LogP contribution in [0, 0.1) is 12.8 Å². The predicted octanol–water partition coefficient (Wildman–Crippen LogP) is 3.92. The number of pyridine rings is 1. The van der Waals surface area contributed by atoms with Crippen molar-refractivity contribution in [1.82, 2.24) is 19.1 Å². The van der Waals surface area contributed by atoms with Gasteiger partial charge in [-0.2, -0.15) is 9.40 Å². The van der Waals surface area contributed by atoms with Gasteiger partial charge in [0.2, 0.25) is 15.9 Å². The molecule has 0 aliphatic carbocycles. The van der Waals surface area contributed by atoms with Gasteiger partial charge in [0.25, 0.3) is 0 Å². The van der Waals surface area contributed by atoms with Crippen molar-refractivity contribution >= 4 is 45.0 Å². The van der Waals surface area contributed by atoms with Gasteiger partial charge in [0, 0.05) is 36.3 Å². The molecule has 0 unspecified atom stereocenters. The van der Waals surface area contributed by atoms with Gasteiger partial charge in [0.05, 0.1) is 11.4 Å². The van der Waals surface area contributed by atoms with Crippen molar-refractivity contribution in [3.63, 3.8) is 0 Å². The highest BCUT2D eigenvalue weighted by molar-refractivity contribution is 7.89. The topological polar surface area (TPSA) is 97.2 Å². The van der Waals surface area contributed by atoms with Crippen molar-refractivity contribution < 1.29 is 13.2 Å². The molecule has 32 heavy (non-hydrogen) atoms. The Balaban J connectivity index is 1.45. The minimum absolute atomic E-state index is 0.0227. The van der Waals surface area contributed by atoms with Gasteiger partial charge < -0.3 is 5.32 Å². The fraction of sp³-hybridized carbons (Fsp3) is 0.286. The molecule has 1 saturated heterocycles. The molecular weight excluding hydrogens is 473 g/mol. The van der Waals surface area contributed by atoms with Crippen LogP contribution in [0.4, 0.5) is 5.82 Å². The molecule has 0 atom stereocenters. The number of nitrogens with zero attached hydrogens (tertiary/aromatic N) is 4. The normalized spacial score (nSPS) is 15.6. The second-order valence-electron chi connectivity index (χ2n) is 7.52. The maximum Gasteiger partial charge on any atom is 0.246 e. The summed E-state index contributed by atoms with van der Waals surface area (Å²) in [4.78, 5) is 16.8. The molecule has 8 nitrogen and oxygen atoms in total. The number of piperidine rings is 1. The molecule has 0 radical (unpaired) electrons. The highest BCUT2D eigenvalue weighted by atomic mass is 35.5. The number of sulfonamides is 1. The lowest BCUT2D eigenvalue weighted by molar-refractivity contribution is -0.120. The van der Waals surface area contributed by atoms with E-state index in [0.29, 0.717) is 23.7 Å². The number of nitrogens with one attached hydrogen (secondary N) is 1. The van der Waals surface area contributed by atoms with Gasteiger partial charge in [0.1, 0.15) is 15.9 Å². The Morgan fingerprint density at radius 1 is 1.12 bits per heavy atom. The van der Waals surface area contributed by atoms with Gasteiger partial charge in [-0.1, -0.05) is 29.3 Å². The van der Waals surface area contributed by atoms with Crippen LogP contribution in [-0.2, 0) is 14.8 Å². The Morgan fingerprint density at radius 2 is 1.88 bits per heavy atom. The molecule has 1 aliphatic heterocycles. The highest BCUT2D eigenvalue weighted by Gasteiger charge is 2.33. The first-order chi connectivity index (χ1) is 15.3. The molecule has 3 aromatic rings. The maximum absolute atomic E-state index is 12.9. The Kier molecular flexibility index (Phi) is 6.52. The van der Waals surface area contributed by atoms with Gasteiger partial charge in [0.15, 0.2) is 0 Å². The van der Waals surface area contributed by atoms with Crippen molar-refractivity contribution in [3.05, 3.63) is 64.5 Å². The molecule has 1 aromatic carbocycles. The molecule has 0 bridgehead atoms. The Hall–Kier alpha value is -2.46. The number of hydrogen-bond acceptors (Lipinski definition) is 5. The molecule has 168 valence electrons. The van der Waals surface area contributed by atoms with Gasteiger partial charge in [-0.05, 0) is 50.1 Å². The zero-order valence-electron chi connectivity index (χ0n) is 17.2. The lowest BCUT2D eigenvalue weighted by Gasteiger charge is -2.30. The summed E-state index contributed by atoms with van der Waals surface area (Å²) >= 11 is 12.1. The molecule has 0 spiro atoms. The molecule has 1 amide bonds. The minimum Gasteiger partial charge on any atom is -0.310 e. The van der Waals surface area contributed by atoms with E-state index in [9.17, 15) is 13.2 Å². The molecule has 3 heterocycles. The maximum atomic E-state index is 12.9. The van der Waals surface area contributed by atoms with Crippen LogP contribution < -0.4 is 5.32 Å². The zero-order valence-corrected chi connectivity index (χ0v) is 19.5. The first kappa shape index (κ1) is 22.7. The molecule has 1 fully saturated rings. The van der Waals surface area contributed by atoms with E-state index in [1.165, 1.54) is 22.6 Å². The van der Waals surface area contributed by atoms with Crippen molar-refractivity contribution in [3.8, 4) is 5.69 Å². The third-order valence-corrected chi connectivity index (χ3v) is 7.88. The number of hydrogen-bond donors (Lipinski definition) is 1. The summed E-state index contributed by atoms with van der Waals surface area (Å²) < 4.78 is 28.7. The second kappa shape index (κ2) is 9.19. The lowest BCUT2D eigenvalue weighted by Crippen LogP contribution is -2.41. The highest BCUT2D eigenvalue weighted by Crippen LogP contribution is 2.28. The summed E-state index contributed by atoms with van der Waals surface area (Å²) in [6.45, 7) is 2.28. The number of carbonyl (C=O) groups excluding carboxylic acids is 1. The van der Waals surface area contributed by atoms with E-state index in [2.05, 4.69) is 15.4 Å². The smallest absolute Gasteiger partial charge is 0.246 e. The minimum atomic E-state index is -3.76. The van der Waals surface area contributed by atoms with E-state index in [1.807, 2.05) is 19.1 Å². The summed E-state index contributed by atoms with van der Waals surface area (Å²) in [5.41, 5.74) is 1.48. The largest absolute Gasteiger partial charge is 0.310 e. The monoisotopic (exact) mass is 493 g/mol. The number of halogens is 2. The van der Waals surface area contributed by atoms with Crippen LogP contribution in [0.5, 0.6) is 0 Å². The van der Waals surface area contributed by atoms with E-state index in [0.717, 1.165) is 11.4 Å². The van der Waals surface area contributed by atoms with Crippen molar-refractivity contribution in [2.24, 2.45) is 5.92 Å². The predicted molar refractivity (Wildman–Crippen MR) is 123 cm³/mol. The van der Waals surface area contributed by atoms with E-state index in [1.54, 1.807) is 22.9 Å². The van der Waals surface area contributed by atoms with Crippen LogP contribution in [-0.4, -0.2) is 46.5 Å². The van der Waals surface area contributed by atoms with E-state index in [4.69, 9.17) is 23.2 Å². The average Bonchev–Trinajstić information content (AvgIpc) is 3.14. The Morgan fingerprint density at radius 3 is 2.56 bits per heavy atom. The number of amides is 1. The van der Waals surface area contributed by atoms with Crippen LogP contribution in [0.1, 0.15) is 18.5 Å². The van der Waals surface area contributed by atoms with Crippen LogP contribution in [0.25, 0.3) is 5.69 Å². The lowest BCUT2D eigenvalue weighted by atomic mass is 9.97. The third-order valence-electron chi connectivity index (χ3n) is 5.30. The fourth-order valence-corrected chi connectivity index (χ4v) is 5.76. The summed E-state index contributed by atoms with van der Waals surface area (Å²) in [5, 5.41) is 7.88. The zero-order chi connectivity index (χ0) is 22.9. The molecule has 0 saturated carbocycles. The number of carbonyl (C=O) groups is 1. The third kappa shape index (κ3) is 4.66. The van der Waals surface area contributed by atoms with Crippen molar-refractivity contribution in [1.29, 1.82) is 0 Å². The van der Waals surface area contributed by atoms with Gasteiger partial charge >= 0.3 is 0 Å². The first-order valence-electron chi connectivity index (χ1n) is 10.00. The molecule has 2 aromatic heterocycles. The van der Waals surface area contributed by atoms with Crippen LogP contribution >= 0.6 is 23.2 Å². The van der Waals surface area contributed by atoms with Crippen LogP contribution in [0.15, 0.2) is 53.6 Å². The number of rotatable bonds is 5. The van der Waals surface area contributed by atoms with E-state index < -0.39 is 10.0 Å². The summed E-state index contributed by atoms with van der Waals surface area (Å²) in [6.07, 6.45) is 2.23. The average molecular weight is 494 g/mol. The van der Waals surface area contributed by atoms with Gasteiger partial charge in [-0.15, -0.1) is 0 Å². The standard InChI is InChI=1S/C21H21Cl2N5O3S/c1-14-12-19(28(26-14)17-5-2-4-16(22)13-17)25-21(29)15-7-10-27(11-8-15)32(30,31)18-6-3-9-24-20(18)23/h2-6,9,12-13,15H,7-8,10-11H2,1H3,(H,25,29). The van der Waals surface area contributed by atoms with Crippen molar-refractivity contribution in [2.45, 2.75) is 24.7 Å². The van der Waals surface area contributed by atoms with Gasteiger partial charge in [-0.25, -0.2) is 18.1 Å². The molecule has 1 aliphatic rings. The van der Waals surface area contributed by atoms with Crippen LogP contribution in [0.3, 0.4) is 0 Å². The fourth-order valence-electron chi connectivity index (χ4n) is 3.68. The molecule has 1 N–H and O–H groups in total. The van der Waals surface area contributed by atoms with E-state index in [-0.39, 0.29) is 35.0 Å². The summed E-state index contributed by atoms with van der Waals surface area (Å²) in [5.74, 6) is 0.0328. The van der Waals surface area contributed by atoms with Crippen LogP contribution in [0.2, 0.25) is 10.2 Å². The summed E-state index contributed by atoms with van der Waals surface area (Å²) in [6, 6.07) is 11.9. The Bertz CT molecular complexity index is 1250. The second-order valence-corrected chi connectivity index (χ2v) is 10.2. The SMILES string of the molecule is Cc1cc(NC(=O)C2CCN(S(=O)(=O)c3cccnc3Cl)CC2)n(-c2cccc(Cl)c2)n1. The van der Waals surface area contributed by atoms with E-state index >= 15 is 0 Å². The Labute approximate surface area is 196 Å². The van der Waals surface area contributed by atoms with Gasteiger partial charge in [-0.3, -0.25) is 4.79 Å². The number of aryl methyl sites for hydroxylation is 1. The van der Waals surface area contributed by atoms with Crippen molar-refractivity contribution in [2.75, 3.05) is 18.4 Å². The quantitative estimate of drug-likeness (QED) is 0.543. The first-order valence-corrected chi connectivity index (χ1v) is 12.2. The number of anilines is 1. The number of aromatic nitrogens is 3. The number of benzene rings is 1. The molecular formula is C21H21Cl2N5O3S. The molecule has 4 rings (SSSR count).